The first-order valence-electron chi connectivity index (χ1n) is 13.0. The first-order chi connectivity index (χ1) is 19.4. The first kappa shape index (κ1) is 26.0. The molecule has 0 atom stereocenters. The van der Waals surface area contributed by atoms with Crippen LogP contribution in [0.15, 0.2) is 69.9 Å². The number of oxazole rings is 1. The Morgan fingerprint density at radius 1 is 1.10 bits per heavy atom. The number of aromatic nitrogens is 3. The molecule has 1 amide bonds. The molecule has 1 fully saturated rings. The van der Waals surface area contributed by atoms with Crippen molar-refractivity contribution in [1.82, 2.24) is 14.8 Å². The maximum atomic E-state index is 13.7. The van der Waals surface area contributed by atoms with Gasteiger partial charge in [0.15, 0.2) is 11.5 Å². The molecule has 6 rings (SSSR count). The average Bonchev–Trinajstić information content (AvgIpc) is 3.34. The maximum Gasteiger partial charge on any atom is 0.275 e. The number of ether oxygens (including phenoxy) is 2. The number of fused-ring (bicyclic) bond motifs is 2. The Kier molecular flexibility index (Phi) is 7.00. The van der Waals surface area contributed by atoms with Crippen LogP contribution >= 0.6 is 11.6 Å². The molecule has 3 aromatic carbocycles. The highest BCUT2D eigenvalue weighted by Gasteiger charge is 2.20. The summed E-state index contributed by atoms with van der Waals surface area (Å²) in [6.45, 7) is 2.79. The Bertz CT molecular complexity index is 1790. The van der Waals surface area contributed by atoms with Gasteiger partial charge in [-0.25, -0.2) is 9.67 Å². The number of carbonyl (C=O) groups excluding carboxylic acids is 1. The highest BCUT2D eigenvalue weighted by atomic mass is 35.5. The van der Waals surface area contributed by atoms with E-state index in [4.69, 9.17) is 25.5 Å². The van der Waals surface area contributed by atoms with E-state index >= 15 is 0 Å². The van der Waals surface area contributed by atoms with E-state index in [1.807, 2.05) is 24.3 Å². The van der Waals surface area contributed by atoms with Gasteiger partial charge in [0.2, 0.25) is 5.91 Å². The molecule has 9 nitrogen and oxygen atoms in total. The van der Waals surface area contributed by atoms with E-state index in [9.17, 15) is 9.59 Å². The quantitative estimate of drug-likeness (QED) is 0.275. The van der Waals surface area contributed by atoms with Gasteiger partial charge in [-0.1, -0.05) is 23.7 Å². The Morgan fingerprint density at radius 2 is 1.93 bits per heavy atom. The van der Waals surface area contributed by atoms with Crippen molar-refractivity contribution < 1.29 is 18.7 Å². The molecule has 5 aromatic rings. The van der Waals surface area contributed by atoms with Crippen molar-refractivity contribution in [1.29, 1.82) is 0 Å². The molecule has 0 aliphatic carbocycles. The lowest BCUT2D eigenvalue weighted by Gasteiger charge is -2.23. The summed E-state index contributed by atoms with van der Waals surface area (Å²) in [4.78, 5) is 32.9. The zero-order chi connectivity index (χ0) is 27.8. The second-order valence-electron chi connectivity index (χ2n) is 9.80. The summed E-state index contributed by atoms with van der Waals surface area (Å²) in [7, 11) is 1.65. The third-order valence-electron chi connectivity index (χ3n) is 7.03. The number of hydrogen-bond acceptors (Lipinski definition) is 7. The molecule has 0 bridgehead atoms. The fourth-order valence-electron chi connectivity index (χ4n) is 4.90. The van der Waals surface area contributed by atoms with E-state index in [-0.39, 0.29) is 24.1 Å². The predicted octanol–water partition coefficient (Wildman–Crippen LogP) is 5.39. The third-order valence-corrected chi connectivity index (χ3v) is 7.26. The number of rotatable bonds is 6. The molecule has 3 heterocycles. The Hall–Kier alpha value is -4.21. The molecule has 0 radical (unpaired) electrons. The molecule has 0 spiro atoms. The standard InChI is InChI=1S/C30H27ClN4O5/c1-18-32-26-9-6-21(15-27(26)39-18)34(2)28(36)17-35-30(37)25-16-23(40-22-10-12-38-13-11-22)7-8-24(25)29(33-35)19-4-3-5-20(31)14-19/h3-9,14-16,22H,10-13,17H2,1-2H3. The summed E-state index contributed by atoms with van der Waals surface area (Å²) in [5.41, 5.74) is 2.79. The second-order valence-corrected chi connectivity index (χ2v) is 10.2. The smallest absolute Gasteiger partial charge is 0.275 e. The van der Waals surface area contributed by atoms with Crippen molar-refractivity contribution in [2.45, 2.75) is 32.4 Å². The normalized spacial score (nSPS) is 14.1. The van der Waals surface area contributed by atoms with E-state index in [0.717, 1.165) is 18.4 Å². The van der Waals surface area contributed by atoms with Gasteiger partial charge in [0.1, 0.15) is 23.9 Å². The number of hydrogen-bond donors (Lipinski definition) is 0. The molecule has 10 heteroatoms. The molecule has 1 saturated heterocycles. The van der Waals surface area contributed by atoms with Crippen LogP contribution in [0.4, 0.5) is 5.69 Å². The molecular weight excluding hydrogens is 532 g/mol. The van der Waals surface area contributed by atoms with E-state index < -0.39 is 0 Å². The highest BCUT2D eigenvalue weighted by Crippen LogP contribution is 2.30. The minimum Gasteiger partial charge on any atom is -0.490 e. The lowest BCUT2D eigenvalue weighted by Crippen LogP contribution is -2.35. The number of halogens is 1. The van der Waals surface area contributed by atoms with E-state index in [1.165, 1.54) is 9.58 Å². The van der Waals surface area contributed by atoms with Crippen LogP contribution in [0.3, 0.4) is 0 Å². The molecule has 40 heavy (non-hydrogen) atoms. The molecular formula is C30H27ClN4O5. The van der Waals surface area contributed by atoms with Crippen LogP contribution in [0.2, 0.25) is 5.02 Å². The number of likely N-dealkylation sites (N-methyl/N-ethyl adjacent to an activating group) is 1. The van der Waals surface area contributed by atoms with Gasteiger partial charge in [-0.05, 0) is 42.5 Å². The van der Waals surface area contributed by atoms with Crippen molar-refractivity contribution in [3.05, 3.63) is 81.9 Å². The second kappa shape index (κ2) is 10.7. The van der Waals surface area contributed by atoms with Crippen molar-refractivity contribution in [2.75, 3.05) is 25.2 Å². The van der Waals surface area contributed by atoms with Crippen LogP contribution in [0.1, 0.15) is 18.7 Å². The molecule has 204 valence electrons. The lowest BCUT2D eigenvalue weighted by atomic mass is 10.0. The SMILES string of the molecule is Cc1nc2ccc(N(C)C(=O)Cn3nc(-c4cccc(Cl)c4)c4ccc(OC5CCOCC5)cc4c3=O)cc2o1. The van der Waals surface area contributed by atoms with Gasteiger partial charge in [-0.2, -0.15) is 5.10 Å². The largest absolute Gasteiger partial charge is 0.490 e. The van der Waals surface area contributed by atoms with Crippen LogP contribution in [0.5, 0.6) is 5.75 Å². The molecule has 0 unspecified atom stereocenters. The Balaban J connectivity index is 1.38. The monoisotopic (exact) mass is 558 g/mol. The minimum atomic E-state index is -0.388. The molecule has 0 saturated carbocycles. The maximum absolute atomic E-state index is 13.7. The van der Waals surface area contributed by atoms with Crippen LogP contribution in [0.25, 0.3) is 33.1 Å². The zero-order valence-corrected chi connectivity index (χ0v) is 22.9. The molecule has 2 aromatic heterocycles. The number of benzene rings is 3. The number of amides is 1. The minimum absolute atomic E-state index is 0.0170. The summed E-state index contributed by atoms with van der Waals surface area (Å²) >= 11 is 6.29. The van der Waals surface area contributed by atoms with Gasteiger partial charge in [-0.3, -0.25) is 9.59 Å². The lowest BCUT2D eigenvalue weighted by molar-refractivity contribution is -0.119. The summed E-state index contributed by atoms with van der Waals surface area (Å²) in [6.07, 6.45) is 1.59. The molecule has 1 aliphatic heterocycles. The number of aryl methyl sites for hydroxylation is 1. The average molecular weight is 559 g/mol. The predicted molar refractivity (Wildman–Crippen MR) is 153 cm³/mol. The van der Waals surface area contributed by atoms with Gasteiger partial charge in [0.05, 0.1) is 24.3 Å². The number of anilines is 1. The highest BCUT2D eigenvalue weighted by molar-refractivity contribution is 6.30. The van der Waals surface area contributed by atoms with Gasteiger partial charge in [-0.15, -0.1) is 0 Å². The van der Waals surface area contributed by atoms with Crippen LogP contribution in [0, 0.1) is 6.92 Å². The first-order valence-corrected chi connectivity index (χ1v) is 13.4. The zero-order valence-electron chi connectivity index (χ0n) is 22.1. The van der Waals surface area contributed by atoms with Crippen molar-refractivity contribution in [3.8, 4) is 17.0 Å². The molecule has 1 aliphatic rings. The van der Waals surface area contributed by atoms with Crippen LogP contribution in [-0.2, 0) is 16.1 Å². The summed E-state index contributed by atoms with van der Waals surface area (Å²) < 4.78 is 18.4. The van der Waals surface area contributed by atoms with E-state index in [2.05, 4.69) is 10.1 Å². The van der Waals surface area contributed by atoms with Crippen molar-refractivity contribution in [3.63, 3.8) is 0 Å². The van der Waals surface area contributed by atoms with E-state index in [1.54, 1.807) is 50.4 Å². The summed E-state index contributed by atoms with van der Waals surface area (Å²) in [5.74, 6) is 0.809. The summed E-state index contributed by atoms with van der Waals surface area (Å²) in [6, 6.07) is 18.0. The fourth-order valence-corrected chi connectivity index (χ4v) is 5.09. The topological polar surface area (TPSA) is 99.7 Å². The van der Waals surface area contributed by atoms with E-state index in [0.29, 0.717) is 63.1 Å². The fraction of sp³-hybridized carbons (Fsp3) is 0.267. The number of nitrogens with zero attached hydrogens (tertiary/aromatic N) is 4. The third kappa shape index (κ3) is 5.17. The van der Waals surface area contributed by atoms with Crippen molar-refractivity contribution >= 4 is 45.1 Å². The Morgan fingerprint density at radius 3 is 2.73 bits per heavy atom. The van der Waals surface area contributed by atoms with Crippen molar-refractivity contribution in [2.24, 2.45) is 0 Å². The van der Waals surface area contributed by atoms with Gasteiger partial charge >= 0.3 is 0 Å². The number of carbonyl (C=O) groups is 1. The molecule has 0 N–H and O–H groups in total. The Labute approximate surface area is 234 Å². The van der Waals surface area contributed by atoms with Gasteiger partial charge < -0.3 is 18.8 Å². The van der Waals surface area contributed by atoms with Crippen LogP contribution in [-0.4, -0.2) is 47.0 Å². The van der Waals surface area contributed by atoms with Crippen LogP contribution < -0.4 is 15.2 Å². The van der Waals surface area contributed by atoms with Gasteiger partial charge in [0, 0.05) is 54.5 Å². The van der Waals surface area contributed by atoms with Gasteiger partial charge in [0.25, 0.3) is 5.56 Å². The summed E-state index contributed by atoms with van der Waals surface area (Å²) in [5, 5.41) is 6.23.